The summed E-state index contributed by atoms with van der Waals surface area (Å²) in [6, 6.07) is 18.6. The Kier molecular flexibility index (Phi) is 3.01. The van der Waals surface area contributed by atoms with Gasteiger partial charge in [0.05, 0.1) is 5.70 Å². The molecule has 18 heavy (non-hydrogen) atoms. The molecule has 90 valence electrons. The molecule has 0 unspecified atom stereocenters. The number of fused-ring (bicyclic) bond motifs is 1. The van der Waals surface area contributed by atoms with Crippen LogP contribution in [0, 0.1) is 0 Å². The van der Waals surface area contributed by atoms with Crippen molar-refractivity contribution in [3.8, 4) is 0 Å². The molecular weight excluding hydrogens is 222 g/mol. The Morgan fingerprint density at radius 2 is 1.72 bits per heavy atom. The third kappa shape index (κ3) is 2.38. The molecule has 1 aliphatic heterocycles. The van der Waals surface area contributed by atoms with Gasteiger partial charge < -0.3 is 10.1 Å². The fourth-order valence-corrected chi connectivity index (χ4v) is 2.10. The summed E-state index contributed by atoms with van der Waals surface area (Å²) in [5.41, 5.74) is 4.69. The normalized spacial score (nSPS) is 13.7. The maximum Gasteiger partial charge on any atom is 0.115 e. The number of anilines is 1. The molecule has 0 bridgehead atoms. The quantitative estimate of drug-likeness (QED) is 0.859. The fraction of sp³-hybridized carbons (Fsp3) is 0.125. The van der Waals surface area contributed by atoms with Crippen molar-refractivity contribution in [2.24, 2.45) is 0 Å². The minimum absolute atomic E-state index is 0.626. The van der Waals surface area contributed by atoms with E-state index in [0.717, 1.165) is 17.8 Å². The lowest BCUT2D eigenvalue weighted by Crippen LogP contribution is -2.02. The molecule has 2 aromatic rings. The maximum absolute atomic E-state index is 5.58. The topological polar surface area (TPSA) is 21.3 Å². The van der Waals surface area contributed by atoms with Crippen molar-refractivity contribution in [2.45, 2.75) is 13.0 Å². The third-order valence-corrected chi connectivity index (χ3v) is 3.01. The summed E-state index contributed by atoms with van der Waals surface area (Å²) in [5.74, 6) is 0. The Balaban J connectivity index is 1.81. The molecule has 0 spiro atoms. The lowest BCUT2D eigenvalue weighted by Gasteiger charge is -2.10. The monoisotopic (exact) mass is 237 g/mol. The average molecular weight is 237 g/mol. The van der Waals surface area contributed by atoms with Gasteiger partial charge in [-0.15, -0.1) is 0 Å². The predicted octanol–water partition coefficient (Wildman–Crippen LogP) is 3.71. The molecule has 0 fully saturated rings. The number of hydrogen-bond acceptors (Lipinski definition) is 2. The molecule has 2 nitrogen and oxygen atoms in total. The van der Waals surface area contributed by atoms with Crippen molar-refractivity contribution >= 4 is 5.69 Å². The van der Waals surface area contributed by atoms with Gasteiger partial charge in [0, 0.05) is 17.7 Å². The lowest BCUT2D eigenvalue weighted by atomic mass is 10.1. The molecular formula is C16H15NO. The van der Waals surface area contributed by atoms with E-state index in [2.05, 4.69) is 41.7 Å². The highest BCUT2D eigenvalue weighted by atomic mass is 16.5. The summed E-state index contributed by atoms with van der Waals surface area (Å²) in [5, 5.41) is 3.44. The van der Waals surface area contributed by atoms with Crippen LogP contribution in [-0.2, 0) is 17.8 Å². The van der Waals surface area contributed by atoms with Crippen LogP contribution < -0.4 is 5.32 Å². The van der Waals surface area contributed by atoms with Gasteiger partial charge in [-0.25, -0.2) is 0 Å². The lowest BCUT2D eigenvalue weighted by molar-refractivity contribution is 0.236. The van der Waals surface area contributed by atoms with Crippen LogP contribution in [0.2, 0.25) is 0 Å². The highest BCUT2D eigenvalue weighted by Gasteiger charge is 2.09. The largest absolute Gasteiger partial charge is 0.495 e. The Morgan fingerprint density at radius 1 is 0.944 bits per heavy atom. The molecule has 3 rings (SSSR count). The van der Waals surface area contributed by atoms with Crippen molar-refractivity contribution in [2.75, 3.05) is 5.32 Å². The zero-order valence-electron chi connectivity index (χ0n) is 10.1. The second-order valence-corrected chi connectivity index (χ2v) is 4.40. The maximum atomic E-state index is 5.58. The van der Waals surface area contributed by atoms with E-state index in [4.69, 9.17) is 4.74 Å². The molecule has 1 heterocycles. The molecule has 0 saturated heterocycles. The smallest absolute Gasteiger partial charge is 0.115 e. The molecule has 0 aromatic heterocycles. The molecule has 0 atom stereocenters. The number of nitrogens with one attached hydrogen (secondary N) is 1. The molecule has 0 radical (unpaired) electrons. The van der Waals surface area contributed by atoms with Gasteiger partial charge in [-0.1, -0.05) is 48.5 Å². The van der Waals surface area contributed by atoms with Crippen LogP contribution in [0.15, 0.2) is 66.6 Å². The standard InChI is InChI=1S/C16H15NO/c1-2-6-13(7-3-1)10-15-12-18-11-14-8-4-5-9-16(14)17-15/h1-9,12,17H,10-11H2. The molecule has 1 N–H and O–H groups in total. The first-order valence-electron chi connectivity index (χ1n) is 6.11. The highest BCUT2D eigenvalue weighted by molar-refractivity contribution is 5.55. The van der Waals surface area contributed by atoms with Crippen LogP contribution in [0.3, 0.4) is 0 Å². The van der Waals surface area contributed by atoms with Crippen molar-refractivity contribution < 1.29 is 4.74 Å². The summed E-state index contributed by atoms with van der Waals surface area (Å²) in [6.45, 7) is 0.626. The van der Waals surface area contributed by atoms with E-state index in [1.54, 1.807) is 0 Å². The summed E-state index contributed by atoms with van der Waals surface area (Å²) in [6.07, 6.45) is 2.68. The number of rotatable bonds is 2. The molecule has 2 heteroatoms. The van der Waals surface area contributed by atoms with Crippen molar-refractivity contribution in [1.82, 2.24) is 0 Å². The van der Waals surface area contributed by atoms with E-state index in [0.29, 0.717) is 6.61 Å². The van der Waals surface area contributed by atoms with Gasteiger partial charge in [-0.3, -0.25) is 0 Å². The second-order valence-electron chi connectivity index (χ2n) is 4.40. The molecule has 0 saturated carbocycles. The van der Waals surface area contributed by atoms with Crippen LogP contribution in [0.4, 0.5) is 5.69 Å². The van der Waals surface area contributed by atoms with Crippen molar-refractivity contribution in [1.29, 1.82) is 0 Å². The van der Waals surface area contributed by atoms with Gasteiger partial charge in [-0.2, -0.15) is 0 Å². The highest BCUT2D eigenvalue weighted by Crippen LogP contribution is 2.22. The Labute approximate surface area is 107 Å². The van der Waals surface area contributed by atoms with Crippen LogP contribution in [0.5, 0.6) is 0 Å². The van der Waals surface area contributed by atoms with Gasteiger partial charge in [-0.05, 0) is 11.6 Å². The predicted molar refractivity (Wildman–Crippen MR) is 73.1 cm³/mol. The first kappa shape index (κ1) is 10.9. The van der Waals surface area contributed by atoms with Gasteiger partial charge in [0.2, 0.25) is 0 Å². The number of benzene rings is 2. The zero-order valence-corrected chi connectivity index (χ0v) is 10.1. The summed E-state index contributed by atoms with van der Waals surface area (Å²) in [7, 11) is 0. The van der Waals surface area contributed by atoms with Crippen LogP contribution in [-0.4, -0.2) is 0 Å². The summed E-state index contributed by atoms with van der Waals surface area (Å²) < 4.78 is 5.58. The van der Waals surface area contributed by atoms with Gasteiger partial charge in [0.1, 0.15) is 12.9 Å². The number of hydrogen-bond donors (Lipinski definition) is 1. The Morgan fingerprint density at radius 3 is 2.61 bits per heavy atom. The fourth-order valence-electron chi connectivity index (χ4n) is 2.10. The third-order valence-electron chi connectivity index (χ3n) is 3.01. The summed E-state index contributed by atoms with van der Waals surface area (Å²) in [4.78, 5) is 0. The number of allylic oxidation sites excluding steroid dienone is 1. The molecule has 2 aromatic carbocycles. The van der Waals surface area contributed by atoms with E-state index in [1.165, 1.54) is 11.1 Å². The van der Waals surface area contributed by atoms with E-state index in [-0.39, 0.29) is 0 Å². The van der Waals surface area contributed by atoms with E-state index < -0.39 is 0 Å². The average Bonchev–Trinajstić information content (AvgIpc) is 2.61. The first-order chi connectivity index (χ1) is 8.92. The van der Waals surface area contributed by atoms with Crippen LogP contribution in [0.1, 0.15) is 11.1 Å². The SMILES string of the molecule is C1=C(Cc2ccccc2)Nc2ccccc2CO1. The van der Waals surface area contributed by atoms with E-state index in [1.807, 2.05) is 24.5 Å². The first-order valence-corrected chi connectivity index (χ1v) is 6.11. The van der Waals surface area contributed by atoms with Crippen molar-refractivity contribution in [3.05, 3.63) is 77.7 Å². The summed E-state index contributed by atoms with van der Waals surface area (Å²) >= 11 is 0. The van der Waals surface area contributed by atoms with E-state index >= 15 is 0 Å². The second kappa shape index (κ2) is 4.96. The Bertz CT molecular complexity index is 560. The van der Waals surface area contributed by atoms with Crippen LogP contribution >= 0.6 is 0 Å². The Hall–Kier alpha value is -2.22. The zero-order chi connectivity index (χ0) is 12.2. The van der Waals surface area contributed by atoms with Crippen molar-refractivity contribution in [3.63, 3.8) is 0 Å². The van der Waals surface area contributed by atoms with Gasteiger partial charge >= 0.3 is 0 Å². The minimum Gasteiger partial charge on any atom is -0.495 e. The van der Waals surface area contributed by atoms with Crippen LogP contribution in [0.25, 0.3) is 0 Å². The van der Waals surface area contributed by atoms with Gasteiger partial charge in [0.15, 0.2) is 0 Å². The van der Waals surface area contributed by atoms with E-state index in [9.17, 15) is 0 Å². The molecule has 0 aliphatic carbocycles. The number of para-hydroxylation sites is 1. The molecule has 1 aliphatic rings. The minimum atomic E-state index is 0.626. The molecule has 0 amide bonds. The van der Waals surface area contributed by atoms with Gasteiger partial charge in [0.25, 0.3) is 0 Å². The number of ether oxygens (including phenoxy) is 1.